The van der Waals surface area contributed by atoms with Gasteiger partial charge < -0.3 is 58.7 Å². The fraction of sp³-hybridized carbons (Fsp3) is 0.400. The smallest absolute Gasteiger partial charge is 0.303 e. The number of amides is 2. The van der Waals surface area contributed by atoms with Crippen molar-refractivity contribution in [2.75, 3.05) is 13.2 Å². The molecule has 4 N–H and O–H groups in total. The predicted octanol–water partition coefficient (Wildman–Crippen LogP) is 2.55. The first-order valence-electron chi connectivity index (χ1n) is 22.1. The first-order valence-corrected chi connectivity index (χ1v) is 22.1. The number of ether oxygens (including phenoxy) is 8. The average molecular weight is 971 g/mol. The molecule has 0 unspecified atom stereocenters. The van der Waals surface area contributed by atoms with Crippen LogP contribution in [-0.4, -0.2) is 131 Å². The molecule has 0 bridgehead atoms. The zero-order chi connectivity index (χ0) is 50.9. The van der Waals surface area contributed by atoms with Gasteiger partial charge in [-0.05, 0) is 46.2 Å². The van der Waals surface area contributed by atoms with E-state index in [-0.39, 0.29) is 24.0 Å². The van der Waals surface area contributed by atoms with Gasteiger partial charge in [-0.3, -0.25) is 38.4 Å². The lowest BCUT2D eigenvalue weighted by atomic mass is 9.85. The summed E-state index contributed by atoms with van der Waals surface area (Å²) in [5.41, 5.74) is 1.16. The Labute approximate surface area is 401 Å². The molecule has 4 aromatic rings. The second-order valence-corrected chi connectivity index (χ2v) is 16.9. The monoisotopic (exact) mass is 970 g/mol. The van der Waals surface area contributed by atoms with Crippen LogP contribution in [0.4, 0.5) is 0 Å². The molecule has 0 saturated carbocycles. The van der Waals surface area contributed by atoms with Gasteiger partial charge in [0.2, 0.25) is 0 Å². The molecule has 20 nitrogen and oxygen atoms in total. The Bertz CT molecular complexity index is 2420. The molecule has 0 spiro atoms. The highest BCUT2D eigenvalue weighted by Crippen LogP contribution is 2.37. The lowest BCUT2D eigenvalue weighted by Gasteiger charge is -2.49. The molecular formula is C50H54N2O18. The number of hydrogen-bond acceptors (Lipinski definition) is 18. The van der Waals surface area contributed by atoms with Crippen molar-refractivity contribution in [1.29, 1.82) is 0 Å². The minimum Gasteiger partial charge on any atom is -0.463 e. The number of hydrogen-bond donors (Lipinski definition) is 4. The molecule has 2 fully saturated rings. The molecule has 70 heavy (non-hydrogen) atoms. The van der Waals surface area contributed by atoms with Gasteiger partial charge >= 0.3 is 35.8 Å². The highest BCUT2D eigenvalue weighted by atomic mass is 16.7. The third kappa shape index (κ3) is 13.1. The number of fused-ring (bicyclic) bond motifs is 1. The number of rotatable bonds is 16. The van der Waals surface area contributed by atoms with Crippen LogP contribution >= 0.6 is 0 Å². The van der Waals surface area contributed by atoms with E-state index in [0.717, 1.165) is 41.5 Å². The van der Waals surface area contributed by atoms with Crippen LogP contribution in [0.1, 0.15) is 73.4 Å². The van der Waals surface area contributed by atoms with Crippen LogP contribution < -0.4 is 10.6 Å². The fourth-order valence-corrected chi connectivity index (χ4v) is 8.55. The average Bonchev–Trinajstić information content (AvgIpc) is 3.29. The summed E-state index contributed by atoms with van der Waals surface area (Å²) in [7, 11) is 0. The van der Waals surface area contributed by atoms with Crippen molar-refractivity contribution in [3.8, 4) is 0 Å². The number of benzene rings is 4. The summed E-state index contributed by atoms with van der Waals surface area (Å²) < 4.78 is 45.1. The highest BCUT2D eigenvalue weighted by Gasteiger charge is 2.59. The van der Waals surface area contributed by atoms with Gasteiger partial charge in [-0.25, -0.2) is 0 Å². The van der Waals surface area contributed by atoms with E-state index in [4.69, 9.17) is 37.9 Å². The summed E-state index contributed by atoms with van der Waals surface area (Å²) in [6.07, 6.45) is -9.37. The Morgan fingerprint density at radius 3 is 1.11 bits per heavy atom. The third-order valence-corrected chi connectivity index (χ3v) is 11.4. The van der Waals surface area contributed by atoms with E-state index in [0.29, 0.717) is 21.9 Å². The second kappa shape index (κ2) is 22.4. The molecule has 2 amide bonds. The Morgan fingerprint density at radius 2 is 0.800 bits per heavy atom. The molecule has 0 aliphatic carbocycles. The minimum absolute atomic E-state index is 0.0359. The molecule has 4 aromatic carbocycles. The topological polar surface area (TPSA) is 275 Å². The van der Waals surface area contributed by atoms with Crippen molar-refractivity contribution >= 4 is 58.4 Å². The van der Waals surface area contributed by atoms with Gasteiger partial charge in [0.1, 0.15) is 37.5 Å². The highest BCUT2D eigenvalue weighted by molar-refractivity contribution is 6.02. The normalized spacial score (nSPS) is 26.1. The van der Waals surface area contributed by atoms with Crippen molar-refractivity contribution in [1.82, 2.24) is 10.6 Å². The summed E-state index contributed by atoms with van der Waals surface area (Å²) in [4.78, 5) is 102. The molecule has 20 heteroatoms. The van der Waals surface area contributed by atoms with Crippen LogP contribution in [0.15, 0.2) is 97.1 Å². The van der Waals surface area contributed by atoms with Crippen LogP contribution in [-0.2, 0) is 79.5 Å². The molecule has 2 aliphatic rings. The number of carbonyl (C=O) groups is 8. The summed E-state index contributed by atoms with van der Waals surface area (Å²) in [6.45, 7) is 5.61. The summed E-state index contributed by atoms with van der Waals surface area (Å²) in [5.74, 6) is -11.1. The lowest BCUT2D eigenvalue weighted by molar-refractivity contribution is -0.320. The van der Waals surface area contributed by atoms with Crippen LogP contribution in [0.25, 0.3) is 10.8 Å². The van der Waals surface area contributed by atoms with Gasteiger partial charge in [0, 0.05) is 65.5 Å². The van der Waals surface area contributed by atoms with E-state index < -0.39 is 121 Å². The second-order valence-electron chi connectivity index (χ2n) is 16.9. The minimum atomic E-state index is -2.36. The van der Waals surface area contributed by atoms with Crippen LogP contribution in [0.5, 0.6) is 0 Å². The zero-order valence-corrected chi connectivity index (χ0v) is 39.1. The van der Waals surface area contributed by atoms with Crippen molar-refractivity contribution in [3.05, 3.63) is 119 Å². The molecule has 0 aromatic heterocycles. The number of carbonyl (C=O) groups excluding carboxylic acids is 8. The lowest BCUT2D eigenvalue weighted by Crippen LogP contribution is -2.72. The van der Waals surface area contributed by atoms with Crippen LogP contribution in [0, 0.1) is 0 Å². The molecule has 2 aliphatic heterocycles. The van der Waals surface area contributed by atoms with Crippen molar-refractivity contribution in [3.63, 3.8) is 0 Å². The molecule has 0 radical (unpaired) electrons. The molecule has 6 rings (SSSR count). The van der Waals surface area contributed by atoms with Crippen molar-refractivity contribution in [2.24, 2.45) is 0 Å². The summed E-state index contributed by atoms with van der Waals surface area (Å²) in [5, 5.41) is 31.1. The Hall–Kier alpha value is -7.26. The first kappa shape index (κ1) is 52.1. The molecule has 372 valence electrons. The van der Waals surface area contributed by atoms with Crippen molar-refractivity contribution < 1.29 is 86.5 Å². The van der Waals surface area contributed by atoms with E-state index in [2.05, 4.69) is 10.6 Å². The van der Waals surface area contributed by atoms with Gasteiger partial charge in [-0.15, -0.1) is 0 Å². The maximum Gasteiger partial charge on any atom is 0.303 e. The molecule has 10 atom stereocenters. The van der Waals surface area contributed by atoms with Crippen LogP contribution in [0.2, 0.25) is 0 Å². The largest absolute Gasteiger partial charge is 0.463 e. The predicted molar refractivity (Wildman–Crippen MR) is 242 cm³/mol. The van der Waals surface area contributed by atoms with E-state index in [9.17, 15) is 48.6 Å². The van der Waals surface area contributed by atoms with Gasteiger partial charge in [0.15, 0.2) is 36.0 Å². The van der Waals surface area contributed by atoms with Gasteiger partial charge in [-0.2, -0.15) is 0 Å². The Balaban J connectivity index is 1.32. The third-order valence-electron chi connectivity index (χ3n) is 11.4. The van der Waals surface area contributed by atoms with E-state index in [1.165, 1.54) is 36.4 Å². The molecular weight excluding hydrogens is 917 g/mol. The van der Waals surface area contributed by atoms with E-state index in [1.54, 1.807) is 60.7 Å². The maximum absolute atomic E-state index is 14.3. The SMILES string of the molecule is CC(=O)OC[C@H]1O[C@@](O)(Cc2ccccc2)[C@H](NC(=O)c2ccc3cc(C(=O)N[C@@H]4[C@@H](OC(C)=O)[C@H](OC(C)=O)[C@@H](COC(C)=O)O[C@@]4(O)Cc4ccccc4)ccc3c2)[C@@H](OC(C)=O)[C@@H]1OC(C)=O. The van der Waals surface area contributed by atoms with Gasteiger partial charge in [0.25, 0.3) is 11.8 Å². The number of nitrogens with one attached hydrogen (secondary N) is 2. The maximum atomic E-state index is 14.3. The molecule has 2 heterocycles. The summed E-state index contributed by atoms with van der Waals surface area (Å²) >= 11 is 0. The Morgan fingerprint density at radius 1 is 0.471 bits per heavy atom. The summed E-state index contributed by atoms with van der Waals surface area (Å²) in [6, 6.07) is 22.8. The van der Waals surface area contributed by atoms with Gasteiger partial charge in [0.05, 0.1) is 0 Å². The standard InChI is InChI=1S/C50H54N2O18/c1-27(53)63-25-39-41(65-29(3)55)43(67-31(5)57)45(49(61,69-39)23-33-13-9-7-10-14-33)51-47(59)37-19-17-36-22-38(20-18-35(36)21-37)48(60)52-46-44(68-32(6)58)42(66-30(4)56)40(26-64-28(2)54)70-50(46,62)24-34-15-11-8-12-16-34/h7-22,39-46,61-62H,23-26H2,1-6H3,(H,51,59)(H,52,60)/t39-,40-,41-,42-,43+,44+,45-,46-,49+,50+/m1/s1. The first-order chi connectivity index (χ1) is 33.1. The van der Waals surface area contributed by atoms with Gasteiger partial charge in [-0.1, -0.05) is 72.8 Å². The fourth-order valence-electron chi connectivity index (χ4n) is 8.55. The number of aliphatic hydroxyl groups is 2. The van der Waals surface area contributed by atoms with Crippen LogP contribution in [0.3, 0.4) is 0 Å². The Kier molecular flexibility index (Phi) is 16.7. The zero-order valence-electron chi connectivity index (χ0n) is 39.1. The molecule has 2 saturated heterocycles. The number of esters is 6. The van der Waals surface area contributed by atoms with Crippen molar-refractivity contribution in [2.45, 2.75) is 115 Å². The van der Waals surface area contributed by atoms with E-state index >= 15 is 0 Å². The quantitative estimate of drug-likeness (QED) is 0.0928. The van der Waals surface area contributed by atoms with E-state index in [1.807, 2.05) is 0 Å².